The summed E-state index contributed by atoms with van der Waals surface area (Å²) in [5, 5.41) is 2.30. The molecule has 2 aliphatic heterocycles. The average molecular weight is 406 g/mol. The van der Waals surface area contributed by atoms with Gasteiger partial charge in [-0.05, 0) is 7.05 Å². The van der Waals surface area contributed by atoms with Gasteiger partial charge in [0.2, 0.25) is 5.91 Å². The lowest BCUT2D eigenvalue weighted by atomic mass is 9.86. The number of fused-ring (bicyclic) bond motifs is 5. The average Bonchev–Trinajstić information content (AvgIpc) is 3.11. The number of carbonyl (C=O) groups excluding carboxylic acids is 2. The van der Waals surface area contributed by atoms with E-state index in [1.807, 2.05) is 0 Å². The molecule has 2 aliphatic rings. The van der Waals surface area contributed by atoms with Crippen LogP contribution in [-0.4, -0.2) is 63.4 Å². The zero-order valence-corrected chi connectivity index (χ0v) is 15.2. The SMILES string of the molecule is CNC(=O)COCC(=O)OC1C2c3c(F)c(F)c(F)c(F)c3[C@@H]([C@H]1OC)N2C. The highest BCUT2D eigenvalue weighted by molar-refractivity contribution is 5.77. The Morgan fingerprint density at radius 3 is 2.00 bits per heavy atom. The number of benzene rings is 1. The van der Waals surface area contributed by atoms with E-state index in [0.29, 0.717) is 0 Å². The summed E-state index contributed by atoms with van der Waals surface area (Å²) in [7, 11) is 4.15. The van der Waals surface area contributed by atoms with Crippen LogP contribution in [0.4, 0.5) is 17.6 Å². The van der Waals surface area contributed by atoms with Crippen LogP contribution in [0, 0.1) is 23.3 Å². The number of methoxy groups -OCH3 is 1. The minimum atomic E-state index is -1.93. The van der Waals surface area contributed by atoms with E-state index in [2.05, 4.69) is 5.32 Å². The van der Waals surface area contributed by atoms with Crippen LogP contribution < -0.4 is 5.32 Å². The van der Waals surface area contributed by atoms with E-state index in [9.17, 15) is 27.2 Å². The van der Waals surface area contributed by atoms with Crippen LogP contribution in [0.3, 0.4) is 0 Å². The third-order valence-electron chi connectivity index (χ3n) is 5.03. The second kappa shape index (κ2) is 7.64. The zero-order chi connectivity index (χ0) is 20.7. The number of carbonyl (C=O) groups is 2. The maximum absolute atomic E-state index is 14.4. The van der Waals surface area contributed by atoms with Crippen molar-refractivity contribution < 1.29 is 41.4 Å². The third-order valence-corrected chi connectivity index (χ3v) is 5.03. The van der Waals surface area contributed by atoms with Crippen LogP contribution in [0.25, 0.3) is 0 Å². The zero-order valence-electron chi connectivity index (χ0n) is 15.2. The first kappa shape index (κ1) is 20.5. The van der Waals surface area contributed by atoms with Crippen LogP contribution in [0.5, 0.6) is 0 Å². The van der Waals surface area contributed by atoms with Gasteiger partial charge in [0.15, 0.2) is 23.3 Å². The molecule has 28 heavy (non-hydrogen) atoms. The van der Waals surface area contributed by atoms with Gasteiger partial charge in [-0.15, -0.1) is 0 Å². The number of amides is 1. The van der Waals surface area contributed by atoms with E-state index >= 15 is 0 Å². The minimum absolute atomic E-state index is 0.348. The van der Waals surface area contributed by atoms with Gasteiger partial charge in [0.05, 0.1) is 12.1 Å². The maximum Gasteiger partial charge on any atom is 0.332 e. The molecule has 2 heterocycles. The van der Waals surface area contributed by atoms with Crippen molar-refractivity contribution in [3.05, 3.63) is 34.4 Å². The molecule has 154 valence electrons. The van der Waals surface area contributed by atoms with Crippen molar-refractivity contribution in [3.63, 3.8) is 0 Å². The van der Waals surface area contributed by atoms with Crippen molar-refractivity contribution in [2.45, 2.75) is 24.3 Å². The highest BCUT2D eigenvalue weighted by atomic mass is 19.2. The monoisotopic (exact) mass is 406 g/mol. The summed E-state index contributed by atoms with van der Waals surface area (Å²) in [5.74, 6) is -8.17. The predicted molar refractivity (Wildman–Crippen MR) is 85.1 cm³/mol. The fourth-order valence-corrected chi connectivity index (χ4v) is 3.86. The van der Waals surface area contributed by atoms with Gasteiger partial charge >= 0.3 is 5.97 Å². The summed E-state index contributed by atoms with van der Waals surface area (Å²) in [4.78, 5) is 24.6. The molecule has 1 aromatic carbocycles. The minimum Gasteiger partial charge on any atom is -0.456 e. The van der Waals surface area contributed by atoms with E-state index in [1.54, 1.807) is 0 Å². The molecule has 0 saturated carbocycles. The van der Waals surface area contributed by atoms with Crippen molar-refractivity contribution in [3.8, 4) is 0 Å². The largest absolute Gasteiger partial charge is 0.456 e. The van der Waals surface area contributed by atoms with Crippen LogP contribution in [0.1, 0.15) is 23.2 Å². The summed E-state index contributed by atoms with van der Waals surface area (Å²) in [6.07, 6.45) is -2.05. The molecule has 2 bridgehead atoms. The summed E-state index contributed by atoms with van der Waals surface area (Å²) in [6.45, 7) is -0.938. The molecule has 0 spiro atoms. The van der Waals surface area contributed by atoms with Gasteiger partial charge in [-0.3, -0.25) is 9.69 Å². The Morgan fingerprint density at radius 2 is 1.50 bits per heavy atom. The Labute approximate surface area is 157 Å². The molecule has 0 radical (unpaired) electrons. The summed E-state index contributed by atoms with van der Waals surface area (Å²) < 4.78 is 71.6. The molecular weight excluding hydrogens is 388 g/mol. The molecule has 1 aromatic rings. The molecule has 4 atom stereocenters. The molecule has 7 nitrogen and oxygen atoms in total. The molecule has 1 fully saturated rings. The van der Waals surface area contributed by atoms with Gasteiger partial charge in [-0.1, -0.05) is 0 Å². The van der Waals surface area contributed by atoms with Crippen LogP contribution in [0.2, 0.25) is 0 Å². The standard InChI is InChI=1S/C17H18F4N2O5/c1-22-6(24)4-27-5-7(25)28-17-15-9-8(14(23(15)2)16(17)26-3)10(18)12(20)13(21)11(9)19/h14-17H,4-5H2,1-3H3,(H,22,24)/t14-,15?,16+,17?/m0/s1. The molecule has 11 heteroatoms. The number of hydrogen-bond acceptors (Lipinski definition) is 6. The van der Waals surface area contributed by atoms with Crippen molar-refractivity contribution in [2.24, 2.45) is 0 Å². The topological polar surface area (TPSA) is 77.1 Å². The molecule has 1 saturated heterocycles. The van der Waals surface area contributed by atoms with Crippen LogP contribution in [-0.2, 0) is 23.8 Å². The Hall–Kier alpha value is -2.24. The number of likely N-dealkylation sites (N-methyl/N-ethyl adjacent to an activating group) is 2. The van der Waals surface area contributed by atoms with Crippen molar-refractivity contribution in [2.75, 3.05) is 34.4 Å². The Balaban J connectivity index is 1.86. The second-order valence-electron chi connectivity index (χ2n) is 6.46. The van der Waals surface area contributed by atoms with E-state index in [-0.39, 0.29) is 12.2 Å². The molecular formula is C17H18F4N2O5. The smallest absolute Gasteiger partial charge is 0.332 e. The number of nitrogens with zero attached hydrogens (tertiary/aromatic N) is 1. The molecule has 2 unspecified atom stereocenters. The van der Waals surface area contributed by atoms with Gasteiger partial charge in [0.25, 0.3) is 0 Å². The number of ether oxygens (including phenoxy) is 3. The number of halogens is 4. The van der Waals surface area contributed by atoms with Gasteiger partial charge in [0.1, 0.15) is 25.4 Å². The fraction of sp³-hybridized carbons (Fsp3) is 0.529. The molecule has 0 aliphatic carbocycles. The lowest BCUT2D eigenvalue weighted by Gasteiger charge is -2.30. The third kappa shape index (κ3) is 3.03. The van der Waals surface area contributed by atoms with Gasteiger partial charge in [-0.2, -0.15) is 0 Å². The lowest BCUT2D eigenvalue weighted by Crippen LogP contribution is -2.39. The van der Waals surface area contributed by atoms with Gasteiger partial charge in [-0.25, -0.2) is 22.4 Å². The predicted octanol–water partition coefficient (Wildman–Crippen LogP) is 0.974. The van der Waals surface area contributed by atoms with Gasteiger partial charge < -0.3 is 19.5 Å². The highest BCUT2D eigenvalue weighted by Crippen LogP contribution is 2.56. The first-order valence-corrected chi connectivity index (χ1v) is 8.32. The number of hydrogen-bond donors (Lipinski definition) is 1. The van der Waals surface area contributed by atoms with Crippen LogP contribution >= 0.6 is 0 Å². The Morgan fingerprint density at radius 1 is 0.964 bits per heavy atom. The van der Waals surface area contributed by atoms with Crippen LogP contribution in [0.15, 0.2) is 0 Å². The summed E-state index contributed by atoms with van der Waals surface area (Å²) in [6, 6.07) is -2.04. The summed E-state index contributed by atoms with van der Waals surface area (Å²) >= 11 is 0. The van der Waals surface area contributed by atoms with E-state index in [0.717, 1.165) is 0 Å². The quantitative estimate of drug-likeness (QED) is 0.329. The van der Waals surface area contributed by atoms with Crippen molar-refractivity contribution in [1.82, 2.24) is 10.2 Å². The van der Waals surface area contributed by atoms with Crippen molar-refractivity contribution in [1.29, 1.82) is 0 Å². The Kier molecular flexibility index (Phi) is 5.60. The first-order chi connectivity index (χ1) is 13.2. The summed E-state index contributed by atoms with van der Waals surface area (Å²) in [5.41, 5.74) is -0.750. The van der Waals surface area contributed by atoms with E-state index in [1.165, 1.54) is 26.1 Å². The highest BCUT2D eigenvalue weighted by Gasteiger charge is 2.60. The number of rotatable bonds is 6. The molecule has 3 rings (SSSR count). The number of esters is 1. The van der Waals surface area contributed by atoms with Gasteiger partial charge in [0, 0.05) is 25.3 Å². The molecule has 0 aromatic heterocycles. The van der Waals surface area contributed by atoms with E-state index in [4.69, 9.17) is 14.2 Å². The number of nitrogens with one attached hydrogen (secondary N) is 1. The van der Waals surface area contributed by atoms with Crippen molar-refractivity contribution >= 4 is 11.9 Å². The normalized spacial score (nSPS) is 25.7. The lowest BCUT2D eigenvalue weighted by molar-refractivity contribution is -0.162. The fourth-order valence-electron chi connectivity index (χ4n) is 3.86. The maximum atomic E-state index is 14.4. The Bertz CT molecular complexity index is 821. The molecule has 1 amide bonds. The van der Waals surface area contributed by atoms with E-state index < -0.39 is 71.6 Å². The molecule has 1 N–H and O–H groups in total. The second-order valence-corrected chi connectivity index (χ2v) is 6.46. The first-order valence-electron chi connectivity index (χ1n) is 8.32.